The van der Waals surface area contributed by atoms with Gasteiger partial charge in [0.05, 0.1) is 6.54 Å². The molecule has 0 heterocycles. The highest BCUT2D eigenvalue weighted by Gasteiger charge is 2.06. The van der Waals surface area contributed by atoms with E-state index in [1.165, 1.54) is 27.1 Å². The summed E-state index contributed by atoms with van der Waals surface area (Å²) in [7, 11) is 0. The lowest BCUT2D eigenvalue weighted by Gasteiger charge is -2.09. The van der Waals surface area contributed by atoms with Gasteiger partial charge in [-0.2, -0.15) is 0 Å². The molecule has 0 saturated carbocycles. The van der Waals surface area contributed by atoms with Gasteiger partial charge in [-0.05, 0) is 38.7 Å². The summed E-state index contributed by atoms with van der Waals surface area (Å²) in [6.45, 7) is 0.691. The van der Waals surface area contributed by atoms with Crippen molar-refractivity contribution in [1.29, 1.82) is 0 Å². The number of nitrogens with zero attached hydrogens (tertiary/aromatic N) is 1. The molecule has 4 rings (SSSR count). The summed E-state index contributed by atoms with van der Waals surface area (Å²) >= 11 is 0. The third kappa shape index (κ3) is 2.74. The molecule has 0 aliphatic carbocycles. The van der Waals surface area contributed by atoms with Crippen LogP contribution in [-0.2, 0) is 6.54 Å². The minimum atomic E-state index is 0.691. The zero-order valence-corrected chi connectivity index (χ0v) is 12.8. The summed E-state index contributed by atoms with van der Waals surface area (Å²) in [5, 5.41) is 5.13. The maximum atomic E-state index is 4.69. The van der Waals surface area contributed by atoms with Crippen molar-refractivity contribution in [3.8, 4) is 0 Å². The molecule has 0 amide bonds. The third-order valence-electron chi connectivity index (χ3n) is 4.17. The van der Waals surface area contributed by atoms with Crippen LogP contribution in [0.15, 0.2) is 89.9 Å². The van der Waals surface area contributed by atoms with Gasteiger partial charge in [-0.25, -0.2) is 0 Å². The fourth-order valence-corrected chi connectivity index (χ4v) is 3.06. The van der Waals surface area contributed by atoms with Crippen LogP contribution >= 0.6 is 0 Å². The summed E-state index contributed by atoms with van der Waals surface area (Å²) in [6, 6.07) is 29.6. The van der Waals surface area contributed by atoms with E-state index in [2.05, 4.69) is 71.7 Å². The van der Waals surface area contributed by atoms with E-state index in [0.717, 1.165) is 5.56 Å². The van der Waals surface area contributed by atoms with Crippen molar-refractivity contribution >= 4 is 27.8 Å². The van der Waals surface area contributed by atoms with Crippen molar-refractivity contribution in [1.82, 2.24) is 0 Å². The van der Waals surface area contributed by atoms with Gasteiger partial charge in [-0.1, -0.05) is 78.9 Å². The Bertz CT molecular complexity index is 930. The average Bonchev–Trinajstić information content (AvgIpc) is 2.62. The van der Waals surface area contributed by atoms with Crippen LogP contribution in [-0.4, -0.2) is 6.21 Å². The maximum absolute atomic E-state index is 4.69. The first kappa shape index (κ1) is 13.7. The normalized spacial score (nSPS) is 11.5. The quantitative estimate of drug-likeness (QED) is 0.344. The summed E-state index contributed by atoms with van der Waals surface area (Å²) in [4.78, 5) is 4.69. The standard InChI is InChI=1S/C22H17N/c1-2-8-17(9-3-1)15-23-16-22-20-12-6-4-10-18(20)14-19-11-5-7-13-21(19)22/h1-15H,16H2/b23-15+. The van der Waals surface area contributed by atoms with Gasteiger partial charge in [0.15, 0.2) is 0 Å². The van der Waals surface area contributed by atoms with Gasteiger partial charge in [-0.3, -0.25) is 4.99 Å². The first-order valence-corrected chi connectivity index (χ1v) is 7.86. The second kappa shape index (κ2) is 6.05. The summed E-state index contributed by atoms with van der Waals surface area (Å²) in [5.41, 5.74) is 2.43. The van der Waals surface area contributed by atoms with E-state index < -0.39 is 0 Å². The Labute approximate surface area is 135 Å². The molecule has 1 heteroatoms. The van der Waals surface area contributed by atoms with E-state index in [0.29, 0.717) is 6.54 Å². The van der Waals surface area contributed by atoms with Gasteiger partial charge < -0.3 is 0 Å². The molecule has 0 aliphatic rings. The smallest absolute Gasteiger partial charge is 0.0652 e. The molecule has 0 fully saturated rings. The molecule has 0 aromatic heterocycles. The summed E-state index contributed by atoms with van der Waals surface area (Å²) in [6.07, 6.45) is 1.95. The van der Waals surface area contributed by atoms with Crippen molar-refractivity contribution in [2.45, 2.75) is 6.54 Å². The minimum absolute atomic E-state index is 0.691. The minimum Gasteiger partial charge on any atom is -0.288 e. The number of hydrogen-bond acceptors (Lipinski definition) is 1. The van der Waals surface area contributed by atoms with Crippen LogP contribution < -0.4 is 0 Å². The number of hydrogen-bond donors (Lipinski definition) is 0. The first-order valence-electron chi connectivity index (χ1n) is 7.86. The summed E-state index contributed by atoms with van der Waals surface area (Å²) in [5.74, 6) is 0. The van der Waals surface area contributed by atoms with Gasteiger partial charge >= 0.3 is 0 Å². The van der Waals surface area contributed by atoms with Gasteiger partial charge in [0.2, 0.25) is 0 Å². The average molecular weight is 295 g/mol. The number of benzene rings is 4. The second-order valence-electron chi connectivity index (χ2n) is 5.68. The monoisotopic (exact) mass is 295 g/mol. The Morgan fingerprint density at radius 1 is 0.652 bits per heavy atom. The van der Waals surface area contributed by atoms with Crippen molar-refractivity contribution in [2.75, 3.05) is 0 Å². The van der Waals surface area contributed by atoms with E-state index in [1.54, 1.807) is 0 Å². The fourth-order valence-electron chi connectivity index (χ4n) is 3.06. The van der Waals surface area contributed by atoms with Crippen molar-refractivity contribution in [3.05, 3.63) is 96.1 Å². The Hall–Kier alpha value is -2.93. The van der Waals surface area contributed by atoms with Gasteiger partial charge in [0.1, 0.15) is 0 Å². The number of aliphatic imine (C=N–C) groups is 1. The Kier molecular flexibility index (Phi) is 3.61. The van der Waals surface area contributed by atoms with Gasteiger partial charge in [0, 0.05) is 6.21 Å². The Morgan fingerprint density at radius 3 is 1.87 bits per heavy atom. The largest absolute Gasteiger partial charge is 0.288 e. The lowest BCUT2D eigenvalue weighted by atomic mass is 9.97. The van der Waals surface area contributed by atoms with Gasteiger partial charge in [-0.15, -0.1) is 0 Å². The highest BCUT2D eigenvalue weighted by molar-refractivity contribution is 6.02. The fraction of sp³-hybridized carbons (Fsp3) is 0.0455. The molecule has 110 valence electrons. The molecular weight excluding hydrogens is 278 g/mol. The van der Waals surface area contributed by atoms with Crippen molar-refractivity contribution in [3.63, 3.8) is 0 Å². The predicted molar refractivity (Wildman–Crippen MR) is 99.2 cm³/mol. The van der Waals surface area contributed by atoms with Crippen LogP contribution in [0.4, 0.5) is 0 Å². The number of fused-ring (bicyclic) bond motifs is 2. The van der Waals surface area contributed by atoms with Gasteiger partial charge in [0.25, 0.3) is 0 Å². The van der Waals surface area contributed by atoms with Crippen LogP contribution in [0, 0.1) is 0 Å². The molecule has 0 radical (unpaired) electrons. The molecule has 0 N–H and O–H groups in total. The zero-order valence-electron chi connectivity index (χ0n) is 12.8. The molecule has 0 unspecified atom stereocenters. The molecule has 0 bridgehead atoms. The Balaban J connectivity index is 1.81. The highest BCUT2D eigenvalue weighted by Crippen LogP contribution is 2.28. The van der Waals surface area contributed by atoms with Crippen LogP contribution in [0.25, 0.3) is 21.5 Å². The first-order chi connectivity index (χ1) is 11.4. The second-order valence-corrected chi connectivity index (χ2v) is 5.68. The third-order valence-corrected chi connectivity index (χ3v) is 4.17. The van der Waals surface area contributed by atoms with E-state index in [4.69, 9.17) is 0 Å². The molecule has 0 atom stereocenters. The molecule has 0 saturated heterocycles. The number of rotatable bonds is 3. The van der Waals surface area contributed by atoms with E-state index in [-0.39, 0.29) is 0 Å². The molecule has 0 spiro atoms. The summed E-state index contributed by atoms with van der Waals surface area (Å²) < 4.78 is 0. The van der Waals surface area contributed by atoms with Crippen LogP contribution in [0.1, 0.15) is 11.1 Å². The molecular formula is C22H17N. The van der Waals surface area contributed by atoms with Crippen molar-refractivity contribution in [2.24, 2.45) is 4.99 Å². The highest BCUT2D eigenvalue weighted by atomic mass is 14.7. The van der Waals surface area contributed by atoms with Crippen LogP contribution in [0.2, 0.25) is 0 Å². The molecule has 0 aliphatic heterocycles. The lowest BCUT2D eigenvalue weighted by Crippen LogP contribution is -1.89. The van der Waals surface area contributed by atoms with Crippen LogP contribution in [0.3, 0.4) is 0 Å². The maximum Gasteiger partial charge on any atom is 0.0652 e. The van der Waals surface area contributed by atoms with Crippen molar-refractivity contribution < 1.29 is 0 Å². The van der Waals surface area contributed by atoms with E-state index in [1.807, 2.05) is 24.4 Å². The lowest BCUT2D eigenvalue weighted by molar-refractivity contribution is 1.11. The zero-order chi connectivity index (χ0) is 15.5. The molecule has 4 aromatic carbocycles. The Morgan fingerprint density at radius 2 is 1.22 bits per heavy atom. The molecule has 23 heavy (non-hydrogen) atoms. The predicted octanol–water partition coefficient (Wildman–Crippen LogP) is 5.61. The molecule has 1 nitrogen and oxygen atoms in total. The van der Waals surface area contributed by atoms with E-state index >= 15 is 0 Å². The van der Waals surface area contributed by atoms with E-state index in [9.17, 15) is 0 Å². The van der Waals surface area contributed by atoms with Crippen LogP contribution in [0.5, 0.6) is 0 Å². The SMILES string of the molecule is C(=N\Cc1c2ccccc2cc2ccccc12)/c1ccccc1. The molecule has 4 aromatic rings. The topological polar surface area (TPSA) is 12.4 Å².